The van der Waals surface area contributed by atoms with Crippen LogP contribution in [0.25, 0.3) is 0 Å². The van der Waals surface area contributed by atoms with E-state index in [1.807, 2.05) is 296 Å². The first-order valence-corrected chi connectivity index (χ1v) is 73.0. The van der Waals surface area contributed by atoms with Crippen molar-refractivity contribution in [2.24, 2.45) is 22.0 Å². The van der Waals surface area contributed by atoms with Gasteiger partial charge in [-0.2, -0.15) is 5.06 Å². The SMILES string of the molecule is CC(C)(C)OP(=O)(OC(C)(C)C)SCCOC(=O)C(C)(C)C.CC(C)(C)OP(=O)(OC(C)(C)C)SCCOC(=O)C(C)(C)CCN1CCCCC1.CC(C)(C)OP(=O)(OC(C)(C)C)SCOC(=O)C(C)(C)CCN1CCCCC1.CC(C)(C)OP(=O)(OC(C)(C)C)SCOC(=O)C(C)(C)N.CN(C)CSP(=O)(OC(C)(C)C)OC(C)(C)C.CN(C)OCSP(=O)(OC(C)(C)C)OC(C)(C)C.CSP(=O)(OC(C)(C)C)OC(C)(C)C. The van der Waals surface area contributed by atoms with Crippen LogP contribution in [-0.2, 0) is 138 Å². The monoisotopic (exact) mass is 2410 g/mol. The number of hydroxylamine groups is 2. The second-order valence-electron chi connectivity index (χ2n) is 53.0. The van der Waals surface area contributed by atoms with Crippen molar-refractivity contribution >= 4 is 151 Å². The zero-order valence-electron chi connectivity index (χ0n) is 103. The molecule has 0 spiro atoms. The van der Waals surface area contributed by atoms with Crippen LogP contribution in [0.3, 0.4) is 0 Å². The maximum Gasteiger partial charge on any atom is 0.393 e. The number of esters is 4. The Bertz CT molecular complexity index is 4050. The molecule has 2 fully saturated rings. The molecule has 2 saturated heterocycles. The van der Waals surface area contributed by atoms with E-state index in [9.17, 15) is 51.1 Å². The van der Waals surface area contributed by atoms with Crippen LogP contribution in [0.1, 0.15) is 404 Å². The zero-order chi connectivity index (χ0) is 119. The Morgan fingerprint density at radius 3 is 0.678 bits per heavy atom. The van der Waals surface area contributed by atoms with Gasteiger partial charge in [0.25, 0.3) is 0 Å². The molecule has 2 N–H and O–H groups in total. The maximum absolute atomic E-state index is 13.1. The lowest BCUT2D eigenvalue weighted by Crippen LogP contribution is -2.42. The highest BCUT2D eigenvalue weighted by molar-refractivity contribution is 8.57. The standard InChI is InChI=1S/C21H42NO5PS.C20H40NO5PS.C15H31O5PS.C13H28NO5PS.C11H26NO4PS.C11H26NO3PS.C9H21O3PS/c1-19(2,3)26-28(24,27-20(4,5)6)29-17-16-25-18(23)21(7,8)12-15-22-13-10-9-11-14-22;1-18(2,3)25-27(23,26-19(4,5)6)28-16-24-17(22)20(7,8)12-15-21-13-10-9-11-14-21;1-13(2,3)12(16)18-10-11-22-21(17,19-14(4,5)6)20-15(7,8)9;1-11(2,3)18-20(16,19-12(4,5)6)21-9-17-10(15)13(7,8)14;1-10(2,3)15-17(13,16-11(4,5)6)18-9-14-12(7)8;1-10(2,3)14-16(13,15-11(4,5)6)17-9-12(7)8;1-8(2,3)11-13(10,14-7)12-9(4,5)6/h9-17H2,1-8H3;9-16H2,1-8H3;10-11H2,1-9H3;9,14H2,1-8H3;9H2,1-8H3;9H2,1-8H3;1-7H3. The summed E-state index contributed by atoms with van der Waals surface area (Å²) in [6.45, 7) is 76.8. The Balaban J connectivity index is -0.000000548. The van der Waals surface area contributed by atoms with Gasteiger partial charge in [0.1, 0.15) is 36.6 Å². The van der Waals surface area contributed by atoms with Crippen molar-refractivity contribution in [3.05, 3.63) is 0 Å². The fraction of sp³-hybridized carbons (Fsp3) is 0.960. The number of piperidine rings is 2. The predicted octanol–water partition coefficient (Wildman–Crippen LogP) is 32.5. The third-order valence-corrected chi connectivity index (χ3v) is 43.5. The van der Waals surface area contributed by atoms with E-state index in [1.165, 1.54) is 63.8 Å². The van der Waals surface area contributed by atoms with Gasteiger partial charge in [-0.15, -0.1) is 0 Å². The van der Waals surface area contributed by atoms with Crippen LogP contribution in [-0.4, -0.2) is 250 Å². The summed E-state index contributed by atoms with van der Waals surface area (Å²) in [4.78, 5) is 60.4. The first-order chi connectivity index (χ1) is 65.5. The highest BCUT2D eigenvalue weighted by Crippen LogP contribution is 2.70. The van der Waals surface area contributed by atoms with E-state index in [-0.39, 0.29) is 48.9 Å². The highest BCUT2D eigenvalue weighted by Gasteiger charge is 2.45. The topological polar surface area (TPSA) is 402 Å². The summed E-state index contributed by atoms with van der Waals surface area (Å²) in [5.74, 6) is -0.0288. The molecule has 49 heteroatoms. The quantitative estimate of drug-likeness (QED) is 0.0148. The van der Waals surface area contributed by atoms with E-state index in [2.05, 4.69) is 9.80 Å². The fourth-order valence-corrected chi connectivity index (χ4v) is 39.5. The highest BCUT2D eigenvalue weighted by atomic mass is 32.7. The van der Waals surface area contributed by atoms with Gasteiger partial charge in [-0.05, 0) is 508 Å². The van der Waals surface area contributed by atoms with E-state index in [0.717, 1.165) is 120 Å². The van der Waals surface area contributed by atoms with Crippen molar-refractivity contribution in [2.75, 3.05) is 122 Å². The van der Waals surface area contributed by atoms with E-state index in [1.54, 1.807) is 87.7 Å². The number of nitrogens with zero attached hydrogens (tertiary/aromatic N) is 4. The summed E-state index contributed by atoms with van der Waals surface area (Å²) < 4.78 is 189. The van der Waals surface area contributed by atoms with Crippen LogP contribution in [0, 0.1) is 16.2 Å². The number of rotatable bonds is 45. The molecule has 0 aliphatic carbocycles. The average Bonchev–Trinajstić information content (AvgIpc) is 0.933. The summed E-state index contributed by atoms with van der Waals surface area (Å²) in [7, 11) is 7.37. The molecule has 0 saturated carbocycles. The van der Waals surface area contributed by atoms with Crippen molar-refractivity contribution in [3.8, 4) is 0 Å². The Kier molecular flexibility index (Phi) is 69.9. The van der Waals surface area contributed by atoms with Gasteiger partial charge in [0, 0.05) is 48.4 Å². The average molecular weight is 2410 g/mol. The van der Waals surface area contributed by atoms with E-state index in [0.29, 0.717) is 17.4 Å². The lowest BCUT2D eigenvalue weighted by atomic mass is 9.89. The molecular weight excluding hydrogens is 2190 g/mol. The molecule has 0 aromatic heterocycles. The number of hydrogen-bond donors (Lipinski definition) is 1. The number of carbonyl (C=O) groups is 4. The number of ether oxygens (including phenoxy) is 4. The first kappa shape index (κ1) is 159. The minimum Gasteiger partial charge on any atom is -0.464 e. The molecule has 2 aliphatic rings. The summed E-state index contributed by atoms with van der Waals surface area (Å²) in [5.41, 5.74) is -5.02. The molecule has 2 rings (SSSR count). The Hall–Kier alpha value is 1.14. The number of carbonyl (C=O) groups excluding carboxylic acids is 4. The number of nitrogens with two attached hydrogens (primary N) is 1. The predicted molar refractivity (Wildman–Crippen MR) is 631 cm³/mol. The molecule has 0 aromatic carbocycles. The third-order valence-electron chi connectivity index (χ3n) is 15.8. The summed E-state index contributed by atoms with van der Waals surface area (Å²) in [5, 5.41) is 1.55. The van der Waals surface area contributed by atoms with Crippen LogP contribution in [0.15, 0.2) is 0 Å². The molecule has 0 radical (unpaired) electrons. The molecule has 2 heterocycles. The lowest BCUT2D eigenvalue weighted by Gasteiger charge is -2.32. The Morgan fingerprint density at radius 1 is 0.268 bits per heavy atom. The van der Waals surface area contributed by atoms with Crippen molar-refractivity contribution in [2.45, 2.75) is 488 Å². The molecule has 35 nitrogen and oxygen atoms in total. The van der Waals surface area contributed by atoms with Crippen LogP contribution in [0.4, 0.5) is 0 Å². The van der Waals surface area contributed by atoms with Crippen molar-refractivity contribution in [1.82, 2.24) is 19.8 Å². The van der Waals surface area contributed by atoms with E-state index < -0.39 is 154 Å². The van der Waals surface area contributed by atoms with Crippen molar-refractivity contribution in [1.29, 1.82) is 0 Å². The maximum atomic E-state index is 13.1. The van der Waals surface area contributed by atoms with Crippen LogP contribution < -0.4 is 5.73 Å². The zero-order valence-corrected chi connectivity index (χ0v) is 115. The minimum absolute atomic E-state index is 0.0601. The lowest BCUT2D eigenvalue weighted by molar-refractivity contribution is -0.154. The number of hydrogen-bond acceptors (Lipinski definition) is 42. The van der Waals surface area contributed by atoms with Gasteiger partial charge in [-0.25, -0.2) is 32.0 Å². The first-order valence-electron chi connectivity index (χ1n) is 50.9. The smallest absolute Gasteiger partial charge is 0.393 e. The van der Waals surface area contributed by atoms with Gasteiger partial charge in [-0.1, -0.05) is 12.8 Å². The summed E-state index contributed by atoms with van der Waals surface area (Å²) in [6.07, 6.45) is 10.8. The largest absolute Gasteiger partial charge is 0.464 e. The normalized spacial score (nSPS) is 15.5. The van der Waals surface area contributed by atoms with Crippen LogP contribution in [0.5, 0.6) is 0 Å². The molecule has 896 valence electrons. The van der Waals surface area contributed by atoms with Gasteiger partial charge >= 0.3 is 71.5 Å². The van der Waals surface area contributed by atoms with E-state index >= 15 is 0 Å². The third kappa shape index (κ3) is 96.3. The second kappa shape index (κ2) is 65.7. The molecule has 0 bridgehead atoms. The molecule has 0 atom stereocenters. The molecular formula is C100H214N5O30P7S7. The van der Waals surface area contributed by atoms with Gasteiger partial charge in [0.05, 0.1) is 101 Å². The summed E-state index contributed by atoms with van der Waals surface area (Å²) in [6, 6.07) is 0. The van der Waals surface area contributed by atoms with Crippen molar-refractivity contribution < 1.29 is 138 Å². The molecule has 149 heavy (non-hydrogen) atoms. The molecule has 2 aliphatic heterocycles. The Labute approximate surface area is 934 Å². The van der Waals surface area contributed by atoms with E-state index in [4.69, 9.17) is 92.9 Å². The van der Waals surface area contributed by atoms with Crippen molar-refractivity contribution in [3.63, 3.8) is 0 Å². The van der Waals surface area contributed by atoms with Gasteiger partial charge in [-0.3, -0.25) is 92.2 Å². The van der Waals surface area contributed by atoms with Gasteiger partial charge < -0.3 is 34.5 Å². The fourth-order valence-electron chi connectivity index (χ4n) is 10.7. The van der Waals surface area contributed by atoms with Crippen LogP contribution >= 0.6 is 127 Å². The van der Waals surface area contributed by atoms with Gasteiger partial charge in [0.15, 0.2) is 0 Å². The van der Waals surface area contributed by atoms with Gasteiger partial charge in [0.2, 0.25) is 0 Å². The van der Waals surface area contributed by atoms with Crippen LogP contribution in [0.2, 0.25) is 0 Å². The minimum atomic E-state index is -3.48. The Morgan fingerprint density at radius 2 is 0.470 bits per heavy atom. The molecule has 0 amide bonds. The number of likely N-dealkylation sites (tertiary alicyclic amines) is 2. The second-order valence-corrected chi connectivity index (χ2v) is 80.7. The molecule has 0 aromatic rings. The molecule has 0 unspecified atom stereocenters. The summed E-state index contributed by atoms with van der Waals surface area (Å²) >= 11 is 7.33.